The van der Waals surface area contributed by atoms with E-state index in [1.807, 2.05) is 36.4 Å². The molecule has 8 heteroatoms. The van der Waals surface area contributed by atoms with Crippen LogP contribution in [0.3, 0.4) is 0 Å². The molecular weight excluding hydrogens is 429 g/mol. The van der Waals surface area contributed by atoms with Gasteiger partial charge in [0.05, 0.1) is 19.7 Å². The number of methoxy groups -OCH3 is 2. The first-order valence-corrected chi connectivity index (χ1v) is 10.1. The molecule has 0 unspecified atom stereocenters. The van der Waals surface area contributed by atoms with Gasteiger partial charge in [-0.15, -0.1) is 0 Å². The zero-order valence-corrected chi connectivity index (χ0v) is 18.2. The Kier molecular flexibility index (Phi) is 6.32. The maximum atomic E-state index is 13.0. The molecule has 2 N–H and O–H groups in total. The van der Waals surface area contributed by atoms with Crippen molar-refractivity contribution in [2.75, 3.05) is 24.9 Å². The normalized spacial score (nSPS) is 10.5. The molecule has 0 saturated heterocycles. The predicted molar refractivity (Wildman–Crippen MR) is 128 cm³/mol. The molecular formula is C24H20FN3O3S. The molecule has 0 bridgehead atoms. The fourth-order valence-corrected chi connectivity index (χ4v) is 3.33. The van der Waals surface area contributed by atoms with Crippen LogP contribution in [0.5, 0.6) is 23.0 Å². The Morgan fingerprint density at radius 1 is 0.812 bits per heavy atom. The summed E-state index contributed by atoms with van der Waals surface area (Å²) in [6.07, 6.45) is 1.68. The van der Waals surface area contributed by atoms with E-state index in [1.165, 1.54) is 12.1 Å². The minimum atomic E-state index is -0.301. The standard InChI is InChI=1S/C24H20FN3O3S/c1-29-22-13-19-20(14-23(22)30-2)26-12-11-21(19)31-18-9-7-17(8-10-18)28-24(32)27-16-5-3-15(25)4-6-16/h3-14H,1-2H3,(H2,27,28,32). The van der Waals surface area contributed by atoms with Crippen LogP contribution in [0.1, 0.15) is 0 Å². The Hall–Kier alpha value is -3.91. The van der Waals surface area contributed by atoms with Gasteiger partial charge in [0.25, 0.3) is 0 Å². The van der Waals surface area contributed by atoms with Gasteiger partial charge < -0.3 is 24.8 Å². The van der Waals surface area contributed by atoms with E-state index in [1.54, 1.807) is 38.6 Å². The summed E-state index contributed by atoms with van der Waals surface area (Å²) in [5.74, 6) is 2.19. The van der Waals surface area contributed by atoms with Gasteiger partial charge in [0.15, 0.2) is 16.6 Å². The number of fused-ring (bicyclic) bond motifs is 1. The lowest BCUT2D eigenvalue weighted by Gasteiger charge is -2.13. The van der Waals surface area contributed by atoms with Gasteiger partial charge in [-0.1, -0.05) is 0 Å². The van der Waals surface area contributed by atoms with Crippen LogP contribution in [0.15, 0.2) is 72.9 Å². The summed E-state index contributed by atoms with van der Waals surface area (Å²) in [7, 11) is 3.17. The van der Waals surface area contributed by atoms with E-state index < -0.39 is 0 Å². The molecule has 0 atom stereocenters. The quantitative estimate of drug-likeness (QED) is 0.350. The van der Waals surface area contributed by atoms with E-state index >= 15 is 0 Å². The van der Waals surface area contributed by atoms with Crippen LogP contribution >= 0.6 is 12.2 Å². The summed E-state index contributed by atoms with van der Waals surface area (Å²) < 4.78 is 29.8. The third kappa shape index (κ3) is 4.87. The Labute approximate surface area is 190 Å². The van der Waals surface area contributed by atoms with Crippen molar-refractivity contribution in [2.24, 2.45) is 0 Å². The monoisotopic (exact) mass is 449 g/mol. The average Bonchev–Trinajstić information content (AvgIpc) is 2.81. The number of ether oxygens (including phenoxy) is 3. The van der Waals surface area contributed by atoms with Crippen molar-refractivity contribution < 1.29 is 18.6 Å². The molecule has 4 rings (SSSR count). The lowest BCUT2D eigenvalue weighted by molar-refractivity contribution is 0.355. The van der Waals surface area contributed by atoms with Crippen LogP contribution < -0.4 is 24.8 Å². The molecule has 3 aromatic carbocycles. The van der Waals surface area contributed by atoms with Gasteiger partial charge in [-0.2, -0.15) is 0 Å². The van der Waals surface area contributed by atoms with Gasteiger partial charge >= 0.3 is 0 Å². The van der Waals surface area contributed by atoms with Gasteiger partial charge in [-0.3, -0.25) is 4.98 Å². The molecule has 0 aliphatic rings. The zero-order chi connectivity index (χ0) is 22.5. The number of halogens is 1. The smallest absolute Gasteiger partial charge is 0.175 e. The topological polar surface area (TPSA) is 64.6 Å². The molecule has 32 heavy (non-hydrogen) atoms. The second-order valence-electron chi connectivity index (χ2n) is 6.75. The largest absolute Gasteiger partial charge is 0.493 e. The van der Waals surface area contributed by atoms with Crippen LogP contribution in [0, 0.1) is 5.82 Å². The highest BCUT2D eigenvalue weighted by Crippen LogP contribution is 2.36. The van der Waals surface area contributed by atoms with Gasteiger partial charge in [-0.25, -0.2) is 4.39 Å². The van der Waals surface area contributed by atoms with Gasteiger partial charge in [0.1, 0.15) is 17.3 Å². The van der Waals surface area contributed by atoms with Gasteiger partial charge in [-0.05, 0) is 72.9 Å². The third-order valence-corrected chi connectivity index (χ3v) is 4.85. The number of hydrogen-bond acceptors (Lipinski definition) is 5. The number of benzene rings is 3. The molecule has 4 aromatic rings. The van der Waals surface area contributed by atoms with Crippen LogP contribution in [0.25, 0.3) is 10.9 Å². The first-order chi connectivity index (χ1) is 15.6. The number of hydrogen-bond donors (Lipinski definition) is 2. The average molecular weight is 450 g/mol. The summed E-state index contributed by atoms with van der Waals surface area (Å²) in [5.41, 5.74) is 2.21. The first-order valence-electron chi connectivity index (χ1n) is 9.68. The van der Waals surface area contributed by atoms with Crippen molar-refractivity contribution in [1.29, 1.82) is 0 Å². The van der Waals surface area contributed by atoms with Crippen molar-refractivity contribution in [3.05, 3.63) is 78.7 Å². The number of nitrogens with zero attached hydrogens (tertiary/aromatic N) is 1. The Balaban J connectivity index is 1.47. The van der Waals surface area contributed by atoms with Crippen LogP contribution in [-0.4, -0.2) is 24.3 Å². The number of rotatable bonds is 6. The van der Waals surface area contributed by atoms with E-state index in [0.29, 0.717) is 33.8 Å². The van der Waals surface area contributed by atoms with E-state index in [2.05, 4.69) is 15.6 Å². The van der Waals surface area contributed by atoms with Crippen molar-refractivity contribution in [1.82, 2.24) is 4.98 Å². The summed E-state index contributed by atoms with van der Waals surface area (Å²) in [4.78, 5) is 4.39. The van der Waals surface area contributed by atoms with Crippen molar-refractivity contribution in [3.63, 3.8) is 0 Å². The lowest BCUT2D eigenvalue weighted by Crippen LogP contribution is -2.18. The second-order valence-corrected chi connectivity index (χ2v) is 7.15. The molecule has 0 radical (unpaired) electrons. The van der Waals surface area contributed by atoms with E-state index in [0.717, 1.165) is 16.6 Å². The third-order valence-electron chi connectivity index (χ3n) is 4.65. The van der Waals surface area contributed by atoms with E-state index in [-0.39, 0.29) is 5.82 Å². The highest BCUT2D eigenvalue weighted by molar-refractivity contribution is 7.80. The summed E-state index contributed by atoms with van der Waals surface area (Å²) in [6, 6.07) is 18.8. The summed E-state index contributed by atoms with van der Waals surface area (Å²) >= 11 is 5.31. The molecule has 0 amide bonds. The highest BCUT2D eigenvalue weighted by Gasteiger charge is 2.11. The highest BCUT2D eigenvalue weighted by atomic mass is 32.1. The number of thiocarbonyl (C=S) groups is 1. The van der Waals surface area contributed by atoms with Crippen LogP contribution in [0.4, 0.5) is 15.8 Å². The molecule has 1 heterocycles. The number of pyridine rings is 1. The number of nitrogens with one attached hydrogen (secondary N) is 2. The molecule has 0 aliphatic carbocycles. The molecule has 0 aliphatic heterocycles. The van der Waals surface area contributed by atoms with Gasteiger partial charge in [0.2, 0.25) is 0 Å². The maximum Gasteiger partial charge on any atom is 0.175 e. The molecule has 0 fully saturated rings. The van der Waals surface area contributed by atoms with Crippen LogP contribution in [0.2, 0.25) is 0 Å². The Morgan fingerprint density at radius 3 is 2.03 bits per heavy atom. The molecule has 1 aromatic heterocycles. The number of aromatic nitrogens is 1. The molecule has 162 valence electrons. The van der Waals surface area contributed by atoms with Crippen LogP contribution in [-0.2, 0) is 0 Å². The fourth-order valence-electron chi connectivity index (χ4n) is 3.10. The predicted octanol–water partition coefficient (Wildman–Crippen LogP) is 5.99. The minimum Gasteiger partial charge on any atom is -0.493 e. The molecule has 6 nitrogen and oxygen atoms in total. The van der Waals surface area contributed by atoms with Crippen molar-refractivity contribution >= 4 is 39.6 Å². The second kappa shape index (κ2) is 9.49. The van der Waals surface area contributed by atoms with Gasteiger partial charge in [0, 0.05) is 29.0 Å². The Morgan fingerprint density at radius 2 is 1.41 bits per heavy atom. The number of anilines is 2. The Bertz CT molecular complexity index is 1250. The van der Waals surface area contributed by atoms with Crippen molar-refractivity contribution in [3.8, 4) is 23.0 Å². The minimum absolute atomic E-state index is 0.301. The fraction of sp³-hybridized carbons (Fsp3) is 0.0833. The first kappa shape index (κ1) is 21.3. The summed E-state index contributed by atoms with van der Waals surface area (Å²) in [6.45, 7) is 0. The molecule has 0 spiro atoms. The van der Waals surface area contributed by atoms with E-state index in [4.69, 9.17) is 26.4 Å². The maximum absolute atomic E-state index is 13.0. The molecule has 0 saturated carbocycles. The van der Waals surface area contributed by atoms with Crippen molar-refractivity contribution in [2.45, 2.75) is 0 Å². The summed E-state index contributed by atoms with van der Waals surface area (Å²) in [5, 5.41) is 7.29. The van der Waals surface area contributed by atoms with E-state index in [9.17, 15) is 4.39 Å². The zero-order valence-electron chi connectivity index (χ0n) is 17.4. The SMILES string of the molecule is COc1cc2nccc(Oc3ccc(NC(=S)Nc4ccc(F)cc4)cc3)c2cc1OC. The lowest BCUT2D eigenvalue weighted by atomic mass is 10.2.